The first kappa shape index (κ1) is 14.9. The molecule has 1 aromatic carbocycles. The molecule has 2 heterocycles. The van der Waals surface area contributed by atoms with Crippen molar-refractivity contribution in [2.24, 2.45) is 0 Å². The highest BCUT2D eigenvalue weighted by Crippen LogP contribution is 2.38. The molecule has 1 N–H and O–H groups in total. The monoisotopic (exact) mass is 337 g/mol. The zero-order valence-corrected chi connectivity index (χ0v) is 14.2. The van der Waals surface area contributed by atoms with Crippen LogP contribution in [0.3, 0.4) is 0 Å². The topological polar surface area (TPSA) is 54.9 Å². The van der Waals surface area contributed by atoms with Crippen LogP contribution in [0.5, 0.6) is 0 Å². The van der Waals surface area contributed by atoms with Gasteiger partial charge < -0.3 is 0 Å². The second-order valence-corrected chi connectivity index (χ2v) is 8.45. The zero-order valence-electron chi connectivity index (χ0n) is 11.8. The van der Waals surface area contributed by atoms with Gasteiger partial charge in [0.1, 0.15) is 0 Å². The number of aryl methyl sites for hydroxylation is 1. The van der Waals surface area contributed by atoms with Crippen LogP contribution in [0.15, 0.2) is 27.4 Å². The number of fused-ring (bicyclic) bond motifs is 1. The Morgan fingerprint density at radius 2 is 2.33 bits per heavy atom. The number of hydrogen-bond donors (Lipinski definition) is 1. The fraction of sp³-hybridized carbons (Fsp3) is 0.357. The van der Waals surface area contributed by atoms with Gasteiger partial charge in [-0.15, -0.1) is 22.0 Å². The number of hydrogen-bond acceptors (Lipinski definition) is 6. The van der Waals surface area contributed by atoms with Crippen molar-refractivity contribution < 1.29 is 4.79 Å². The van der Waals surface area contributed by atoms with E-state index >= 15 is 0 Å². The fourth-order valence-corrected chi connectivity index (χ4v) is 5.05. The minimum absolute atomic E-state index is 0.0121. The molecule has 1 amide bonds. The van der Waals surface area contributed by atoms with Gasteiger partial charge in [0.15, 0.2) is 4.34 Å². The molecule has 21 heavy (non-hydrogen) atoms. The number of nitrogens with zero attached hydrogens (tertiary/aromatic N) is 2. The van der Waals surface area contributed by atoms with E-state index in [1.807, 2.05) is 0 Å². The molecule has 0 radical (unpaired) electrons. The third kappa shape index (κ3) is 3.41. The summed E-state index contributed by atoms with van der Waals surface area (Å²) in [5.74, 6) is 0.966. The molecule has 0 fully saturated rings. The minimum Gasteiger partial charge on any atom is -0.300 e. The maximum absolute atomic E-state index is 12.3. The van der Waals surface area contributed by atoms with Gasteiger partial charge in [-0.2, -0.15) is 0 Å². The first-order chi connectivity index (χ1) is 10.2. The Labute approximate surface area is 136 Å². The summed E-state index contributed by atoms with van der Waals surface area (Å²) in [4.78, 5) is 13.6. The molecule has 4 nitrogen and oxygen atoms in total. The van der Waals surface area contributed by atoms with Crippen LogP contribution < -0.4 is 5.32 Å². The van der Waals surface area contributed by atoms with Gasteiger partial charge in [0, 0.05) is 4.90 Å². The van der Waals surface area contributed by atoms with Crippen molar-refractivity contribution in [1.29, 1.82) is 0 Å². The number of anilines is 1. The number of thioether (sulfide) groups is 2. The maximum Gasteiger partial charge on any atom is 0.240 e. The van der Waals surface area contributed by atoms with E-state index in [0.29, 0.717) is 5.13 Å². The van der Waals surface area contributed by atoms with Crippen LogP contribution in [-0.4, -0.2) is 27.1 Å². The van der Waals surface area contributed by atoms with Gasteiger partial charge in [0.2, 0.25) is 11.0 Å². The van der Waals surface area contributed by atoms with Crippen LogP contribution in [0.2, 0.25) is 0 Å². The molecule has 1 aliphatic heterocycles. The molecule has 0 saturated heterocycles. The fourth-order valence-electron chi connectivity index (χ4n) is 2.11. The summed E-state index contributed by atoms with van der Waals surface area (Å²) in [5.41, 5.74) is 2.48. The number of carbonyl (C=O) groups is 1. The molecule has 0 aliphatic carbocycles. The van der Waals surface area contributed by atoms with E-state index in [1.165, 1.54) is 27.4 Å². The van der Waals surface area contributed by atoms with Crippen molar-refractivity contribution in [3.05, 3.63) is 29.3 Å². The Hall–Kier alpha value is -1.05. The largest absolute Gasteiger partial charge is 0.300 e. The van der Waals surface area contributed by atoms with Crippen molar-refractivity contribution in [3.8, 4) is 0 Å². The van der Waals surface area contributed by atoms with E-state index in [1.54, 1.807) is 23.5 Å². The number of rotatable bonds is 4. The predicted octanol–water partition coefficient (Wildman–Crippen LogP) is 3.61. The molecule has 1 aromatic heterocycles. The molecule has 0 bridgehead atoms. The van der Waals surface area contributed by atoms with Gasteiger partial charge in [-0.1, -0.05) is 47.7 Å². The van der Waals surface area contributed by atoms with E-state index in [4.69, 9.17) is 0 Å². The molecule has 0 saturated carbocycles. The van der Waals surface area contributed by atoms with Crippen molar-refractivity contribution in [2.45, 2.75) is 34.8 Å². The summed E-state index contributed by atoms with van der Waals surface area (Å²) in [6.45, 7) is 4.14. The van der Waals surface area contributed by atoms with Crippen LogP contribution in [-0.2, 0) is 11.2 Å². The second-order valence-electron chi connectivity index (χ2n) is 4.72. The van der Waals surface area contributed by atoms with E-state index in [0.717, 1.165) is 16.5 Å². The van der Waals surface area contributed by atoms with Crippen molar-refractivity contribution in [1.82, 2.24) is 10.2 Å². The molecule has 1 aliphatic rings. The molecule has 0 spiro atoms. The predicted molar refractivity (Wildman–Crippen MR) is 89.5 cm³/mol. The number of aromatic nitrogens is 2. The van der Waals surface area contributed by atoms with E-state index < -0.39 is 0 Å². The van der Waals surface area contributed by atoms with Gasteiger partial charge in [0.05, 0.1) is 5.25 Å². The Bertz CT molecular complexity index is 671. The van der Waals surface area contributed by atoms with Gasteiger partial charge in [0.25, 0.3) is 0 Å². The molecule has 2 aromatic rings. The molecule has 110 valence electrons. The maximum atomic E-state index is 12.3. The zero-order chi connectivity index (χ0) is 14.8. The van der Waals surface area contributed by atoms with E-state index in [2.05, 4.69) is 47.6 Å². The lowest BCUT2D eigenvalue weighted by Gasteiger charge is -2.06. The molecule has 7 heteroatoms. The highest BCUT2D eigenvalue weighted by Gasteiger charge is 2.28. The number of amides is 1. The van der Waals surface area contributed by atoms with Crippen LogP contribution in [0.25, 0.3) is 0 Å². The Balaban J connectivity index is 1.64. The standard InChI is InChI=1S/C14H15N3OS3/c1-3-19-14-17-16-13(21-14)15-12(18)11-7-9-5-4-8(2)6-10(9)20-11/h4-6,11H,3,7H2,1-2H3,(H,15,16,18). The molecular formula is C14H15N3OS3. The highest BCUT2D eigenvalue weighted by molar-refractivity contribution is 8.01. The average molecular weight is 337 g/mol. The first-order valence-electron chi connectivity index (χ1n) is 6.69. The van der Waals surface area contributed by atoms with Gasteiger partial charge >= 0.3 is 0 Å². The van der Waals surface area contributed by atoms with Crippen LogP contribution in [0.1, 0.15) is 18.1 Å². The third-order valence-corrected chi connectivity index (χ3v) is 6.25. The number of benzene rings is 1. The SMILES string of the molecule is CCSc1nnc(NC(=O)C2Cc3ccc(C)cc3S2)s1. The molecular weight excluding hydrogens is 322 g/mol. The summed E-state index contributed by atoms with van der Waals surface area (Å²) in [6, 6.07) is 6.36. The van der Waals surface area contributed by atoms with Crippen LogP contribution >= 0.6 is 34.9 Å². The van der Waals surface area contributed by atoms with Crippen LogP contribution in [0.4, 0.5) is 5.13 Å². The van der Waals surface area contributed by atoms with E-state index in [9.17, 15) is 4.79 Å². The van der Waals surface area contributed by atoms with E-state index in [-0.39, 0.29) is 11.2 Å². The molecule has 3 rings (SSSR count). The van der Waals surface area contributed by atoms with Gasteiger partial charge in [-0.05, 0) is 30.7 Å². The van der Waals surface area contributed by atoms with Gasteiger partial charge in [-0.25, -0.2) is 0 Å². The molecule has 1 atom stereocenters. The van der Waals surface area contributed by atoms with Crippen LogP contribution in [0, 0.1) is 6.92 Å². The van der Waals surface area contributed by atoms with Crippen molar-refractivity contribution in [2.75, 3.05) is 11.1 Å². The number of nitrogens with one attached hydrogen (secondary N) is 1. The van der Waals surface area contributed by atoms with Crippen molar-refractivity contribution in [3.63, 3.8) is 0 Å². The lowest BCUT2D eigenvalue weighted by molar-refractivity contribution is -0.115. The average Bonchev–Trinajstić information content (AvgIpc) is 3.05. The summed E-state index contributed by atoms with van der Waals surface area (Å²) in [5, 5.41) is 11.5. The smallest absolute Gasteiger partial charge is 0.240 e. The minimum atomic E-state index is -0.0759. The van der Waals surface area contributed by atoms with Crippen molar-refractivity contribution >= 4 is 45.9 Å². The lowest BCUT2D eigenvalue weighted by Crippen LogP contribution is -2.24. The normalized spacial score (nSPS) is 16.8. The Morgan fingerprint density at radius 1 is 1.48 bits per heavy atom. The summed E-state index contributed by atoms with van der Waals surface area (Å²) in [7, 11) is 0. The summed E-state index contributed by atoms with van der Waals surface area (Å²) < 4.78 is 0.894. The Morgan fingerprint density at radius 3 is 3.14 bits per heavy atom. The van der Waals surface area contributed by atoms with Gasteiger partial charge in [-0.3, -0.25) is 10.1 Å². The second kappa shape index (κ2) is 6.37. The summed E-state index contributed by atoms with van der Waals surface area (Å²) >= 11 is 4.70. The quantitative estimate of drug-likeness (QED) is 0.682. The lowest BCUT2D eigenvalue weighted by atomic mass is 10.1. The molecule has 1 unspecified atom stereocenters. The summed E-state index contributed by atoms with van der Waals surface area (Å²) in [6.07, 6.45) is 0.779. The highest BCUT2D eigenvalue weighted by atomic mass is 32.2. The third-order valence-electron chi connectivity index (χ3n) is 3.09. The number of carbonyl (C=O) groups excluding carboxylic acids is 1. The first-order valence-corrected chi connectivity index (χ1v) is 9.37. The Kier molecular flexibility index (Phi) is 4.51.